The largest absolute Gasteiger partial charge is 0.497 e. The molecule has 0 amide bonds. The number of hydrogen-bond acceptors (Lipinski definition) is 7. The van der Waals surface area contributed by atoms with Gasteiger partial charge in [-0.3, -0.25) is 4.79 Å². The van der Waals surface area contributed by atoms with Crippen molar-refractivity contribution in [3.63, 3.8) is 0 Å². The maximum atomic E-state index is 13.2. The SMILES string of the molecule is CCN(Cc1nccn1C)S(=O)(=O)c1ccc(-c2cc(OC)ccc2OC)s1.O=CO. The standard InChI is InChI=1S/C19H23N3O4S2.CH2O2/c1-5-22(13-18-20-10-11-21(18)2)28(23,24)19-9-8-17(27-19)15-12-14(25-3)6-7-16(15)26-4;2-1-3/h6-12H,5,13H2,1-4H3;1H,(H,2,3). The minimum atomic E-state index is -3.64. The summed E-state index contributed by atoms with van der Waals surface area (Å²) in [6.07, 6.45) is 3.46. The van der Waals surface area contributed by atoms with Crippen LogP contribution in [0.25, 0.3) is 10.4 Å². The van der Waals surface area contributed by atoms with Crippen LogP contribution in [0, 0.1) is 0 Å². The van der Waals surface area contributed by atoms with E-state index in [1.54, 1.807) is 44.8 Å². The second kappa shape index (κ2) is 10.9. The van der Waals surface area contributed by atoms with E-state index >= 15 is 0 Å². The number of aryl methyl sites for hydroxylation is 1. The Morgan fingerprint density at radius 2 is 1.94 bits per heavy atom. The molecule has 9 nitrogen and oxygen atoms in total. The first kappa shape index (κ1) is 24.4. The van der Waals surface area contributed by atoms with Gasteiger partial charge in [-0.25, -0.2) is 13.4 Å². The van der Waals surface area contributed by atoms with Crippen molar-refractivity contribution in [2.45, 2.75) is 17.7 Å². The maximum Gasteiger partial charge on any atom is 0.290 e. The molecular formula is C20H25N3O6S2. The number of methoxy groups -OCH3 is 2. The molecule has 0 atom stereocenters. The normalized spacial score (nSPS) is 11.0. The quantitative estimate of drug-likeness (QED) is 0.507. The lowest BCUT2D eigenvalue weighted by Crippen LogP contribution is -2.31. The third-order valence-electron chi connectivity index (χ3n) is 4.44. The zero-order valence-electron chi connectivity index (χ0n) is 17.7. The third kappa shape index (κ3) is 5.63. The topological polar surface area (TPSA) is 111 Å². The van der Waals surface area contributed by atoms with Crippen LogP contribution >= 0.6 is 11.3 Å². The Bertz CT molecular complexity index is 1110. The van der Waals surface area contributed by atoms with E-state index in [1.165, 1.54) is 15.6 Å². The van der Waals surface area contributed by atoms with Gasteiger partial charge in [-0.2, -0.15) is 4.31 Å². The van der Waals surface area contributed by atoms with E-state index in [4.69, 9.17) is 19.4 Å². The number of aromatic nitrogens is 2. The van der Waals surface area contributed by atoms with E-state index in [9.17, 15) is 8.42 Å². The van der Waals surface area contributed by atoms with Crippen LogP contribution in [0.15, 0.2) is 46.9 Å². The molecule has 168 valence electrons. The number of ether oxygens (including phenoxy) is 2. The molecule has 1 aromatic carbocycles. The average Bonchev–Trinajstić information content (AvgIpc) is 3.41. The summed E-state index contributed by atoms with van der Waals surface area (Å²) in [6, 6.07) is 8.88. The zero-order chi connectivity index (χ0) is 23.0. The minimum absolute atomic E-state index is 0.220. The van der Waals surface area contributed by atoms with Crippen LogP contribution in [-0.4, -0.2) is 54.6 Å². The van der Waals surface area contributed by atoms with Crippen molar-refractivity contribution in [2.24, 2.45) is 7.05 Å². The van der Waals surface area contributed by atoms with Crippen LogP contribution in [-0.2, 0) is 28.4 Å². The van der Waals surface area contributed by atoms with Crippen molar-refractivity contribution < 1.29 is 27.8 Å². The van der Waals surface area contributed by atoms with E-state index < -0.39 is 10.0 Å². The van der Waals surface area contributed by atoms with Crippen LogP contribution in [0.3, 0.4) is 0 Å². The molecule has 0 aliphatic carbocycles. The highest BCUT2D eigenvalue weighted by Crippen LogP contribution is 2.39. The van der Waals surface area contributed by atoms with Gasteiger partial charge in [0.15, 0.2) is 0 Å². The van der Waals surface area contributed by atoms with Gasteiger partial charge in [0.25, 0.3) is 16.5 Å². The molecular weight excluding hydrogens is 442 g/mol. The fourth-order valence-electron chi connectivity index (χ4n) is 2.81. The lowest BCUT2D eigenvalue weighted by Gasteiger charge is -2.19. The van der Waals surface area contributed by atoms with Gasteiger partial charge in [0, 0.05) is 36.4 Å². The molecule has 3 rings (SSSR count). The van der Waals surface area contributed by atoms with Crippen LogP contribution in [0.2, 0.25) is 0 Å². The van der Waals surface area contributed by atoms with E-state index in [0.29, 0.717) is 23.9 Å². The van der Waals surface area contributed by atoms with Crippen LogP contribution in [0.4, 0.5) is 0 Å². The van der Waals surface area contributed by atoms with Crippen LogP contribution in [0.5, 0.6) is 11.5 Å². The zero-order valence-corrected chi connectivity index (χ0v) is 19.3. The number of carbonyl (C=O) groups is 1. The van der Waals surface area contributed by atoms with Crippen molar-refractivity contribution in [3.8, 4) is 21.9 Å². The highest BCUT2D eigenvalue weighted by atomic mass is 32.2. The van der Waals surface area contributed by atoms with Crippen LogP contribution in [0.1, 0.15) is 12.7 Å². The number of rotatable bonds is 8. The van der Waals surface area contributed by atoms with Crippen molar-refractivity contribution in [2.75, 3.05) is 20.8 Å². The van der Waals surface area contributed by atoms with Crippen molar-refractivity contribution in [1.82, 2.24) is 13.9 Å². The summed E-state index contributed by atoms with van der Waals surface area (Å²) in [5.41, 5.74) is 0.792. The fourth-order valence-corrected chi connectivity index (χ4v) is 5.70. The van der Waals surface area contributed by atoms with Crippen molar-refractivity contribution in [1.29, 1.82) is 0 Å². The molecule has 3 aromatic rings. The number of hydrogen-bond donors (Lipinski definition) is 1. The average molecular weight is 468 g/mol. The van der Waals surface area contributed by atoms with E-state index in [0.717, 1.165) is 10.4 Å². The van der Waals surface area contributed by atoms with Gasteiger partial charge in [0.05, 0.1) is 20.8 Å². The monoisotopic (exact) mass is 467 g/mol. The predicted octanol–water partition coefficient (Wildman–Crippen LogP) is 3.08. The first-order valence-corrected chi connectivity index (χ1v) is 11.4. The molecule has 11 heteroatoms. The van der Waals surface area contributed by atoms with Gasteiger partial charge in [-0.05, 0) is 30.3 Å². The Balaban J connectivity index is 0.00000107. The molecule has 0 aliphatic heterocycles. The van der Waals surface area contributed by atoms with Crippen LogP contribution < -0.4 is 9.47 Å². The second-order valence-electron chi connectivity index (χ2n) is 6.18. The molecule has 31 heavy (non-hydrogen) atoms. The summed E-state index contributed by atoms with van der Waals surface area (Å²) >= 11 is 1.21. The first-order chi connectivity index (χ1) is 14.8. The highest BCUT2D eigenvalue weighted by Gasteiger charge is 2.27. The summed E-state index contributed by atoms with van der Waals surface area (Å²) in [4.78, 5) is 13.4. The Hall–Kier alpha value is -2.89. The van der Waals surface area contributed by atoms with E-state index in [2.05, 4.69) is 4.98 Å². The van der Waals surface area contributed by atoms with Gasteiger partial charge in [-0.15, -0.1) is 11.3 Å². The molecule has 2 aromatic heterocycles. The van der Waals surface area contributed by atoms with Gasteiger partial charge in [0.2, 0.25) is 0 Å². The highest BCUT2D eigenvalue weighted by molar-refractivity contribution is 7.91. The third-order valence-corrected chi connectivity index (χ3v) is 7.95. The summed E-state index contributed by atoms with van der Waals surface area (Å²) in [5, 5.41) is 6.89. The molecule has 0 aliphatic rings. The van der Waals surface area contributed by atoms with E-state index in [1.807, 2.05) is 30.7 Å². The molecule has 0 bridgehead atoms. The Morgan fingerprint density at radius 1 is 1.23 bits per heavy atom. The number of imidazole rings is 1. The van der Waals surface area contributed by atoms with Crippen molar-refractivity contribution >= 4 is 27.8 Å². The Labute approximate surface area is 185 Å². The van der Waals surface area contributed by atoms with Gasteiger partial charge in [-0.1, -0.05) is 6.92 Å². The van der Waals surface area contributed by atoms with E-state index in [-0.39, 0.29) is 17.2 Å². The van der Waals surface area contributed by atoms with Gasteiger partial charge < -0.3 is 19.1 Å². The number of carboxylic acid groups (broad SMARTS) is 1. The molecule has 0 spiro atoms. The summed E-state index contributed by atoms with van der Waals surface area (Å²) in [5.74, 6) is 2.03. The summed E-state index contributed by atoms with van der Waals surface area (Å²) in [6.45, 7) is 2.14. The molecule has 0 fully saturated rings. The summed E-state index contributed by atoms with van der Waals surface area (Å²) in [7, 11) is 1.38. The molecule has 0 unspecified atom stereocenters. The lowest BCUT2D eigenvalue weighted by atomic mass is 10.1. The predicted molar refractivity (Wildman–Crippen MR) is 118 cm³/mol. The van der Waals surface area contributed by atoms with Crippen molar-refractivity contribution in [3.05, 3.63) is 48.5 Å². The minimum Gasteiger partial charge on any atom is -0.497 e. The van der Waals surface area contributed by atoms with Gasteiger partial charge >= 0.3 is 0 Å². The Kier molecular flexibility index (Phi) is 8.60. The summed E-state index contributed by atoms with van der Waals surface area (Å²) < 4.78 is 40.6. The number of benzene rings is 1. The number of sulfonamides is 1. The molecule has 0 saturated carbocycles. The number of thiophene rings is 1. The fraction of sp³-hybridized carbons (Fsp3) is 0.300. The number of nitrogens with zero attached hydrogens (tertiary/aromatic N) is 3. The Morgan fingerprint density at radius 3 is 2.48 bits per heavy atom. The second-order valence-corrected chi connectivity index (χ2v) is 9.42. The maximum absolute atomic E-state index is 13.2. The van der Waals surface area contributed by atoms with Gasteiger partial charge in [0.1, 0.15) is 21.5 Å². The molecule has 1 N–H and O–H groups in total. The molecule has 0 radical (unpaired) electrons. The molecule has 2 heterocycles. The smallest absolute Gasteiger partial charge is 0.290 e. The molecule has 0 saturated heterocycles. The first-order valence-electron chi connectivity index (χ1n) is 9.18. The lowest BCUT2D eigenvalue weighted by molar-refractivity contribution is -0.122.